The molecule has 0 heteroatoms. The molecule has 0 unspecified atom stereocenters. The van der Waals surface area contributed by atoms with E-state index < -0.39 is 0 Å². The third kappa shape index (κ3) is 2.35. The van der Waals surface area contributed by atoms with Gasteiger partial charge in [-0.15, -0.1) is 0 Å². The second-order valence-corrected chi connectivity index (χ2v) is 6.16. The predicted octanol–water partition coefficient (Wildman–Crippen LogP) is 5.52. The van der Waals surface area contributed by atoms with Crippen LogP contribution in [-0.4, -0.2) is 0 Å². The Balaban J connectivity index is 2.18. The molecule has 0 aromatic heterocycles. The van der Waals surface area contributed by atoms with Crippen molar-refractivity contribution >= 4 is 0 Å². The molecule has 3 rings (SSSR count). The molecule has 0 saturated carbocycles. The SMILES string of the molecule is CC1=CC(C(C)(c2ccccc2)c2ccccc2)C=C1C. The first-order valence-corrected chi connectivity index (χ1v) is 7.60. The molecular weight excluding hydrogens is 252 g/mol. The van der Waals surface area contributed by atoms with Crippen LogP contribution >= 0.6 is 0 Å². The monoisotopic (exact) mass is 274 g/mol. The van der Waals surface area contributed by atoms with Crippen LogP contribution in [0, 0.1) is 5.92 Å². The van der Waals surface area contributed by atoms with Crippen LogP contribution in [-0.2, 0) is 5.41 Å². The molecule has 2 aromatic rings. The van der Waals surface area contributed by atoms with Crippen LogP contribution in [0.25, 0.3) is 0 Å². The van der Waals surface area contributed by atoms with E-state index in [-0.39, 0.29) is 5.41 Å². The summed E-state index contributed by atoms with van der Waals surface area (Å²) >= 11 is 0. The molecule has 0 N–H and O–H groups in total. The van der Waals surface area contributed by atoms with E-state index in [0.29, 0.717) is 5.92 Å². The lowest BCUT2D eigenvalue weighted by Crippen LogP contribution is -2.30. The minimum atomic E-state index is -0.0262. The summed E-state index contributed by atoms with van der Waals surface area (Å²) < 4.78 is 0. The van der Waals surface area contributed by atoms with E-state index in [4.69, 9.17) is 0 Å². The van der Waals surface area contributed by atoms with Crippen LogP contribution in [0.3, 0.4) is 0 Å². The van der Waals surface area contributed by atoms with Crippen LogP contribution < -0.4 is 0 Å². The Hall–Kier alpha value is -2.08. The van der Waals surface area contributed by atoms with Gasteiger partial charge in [-0.2, -0.15) is 0 Å². The Morgan fingerprint density at radius 1 is 0.667 bits per heavy atom. The first-order chi connectivity index (χ1) is 10.1. The highest BCUT2D eigenvalue weighted by atomic mass is 14.4. The molecule has 0 amide bonds. The van der Waals surface area contributed by atoms with E-state index in [0.717, 1.165) is 0 Å². The summed E-state index contributed by atoms with van der Waals surface area (Å²) in [7, 11) is 0. The lowest BCUT2D eigenvalue weighted by Gasteiger charge is -2.35. The summed E-state index contributed by atoms with van der Waals surface area (Å²) in [6.45, 7) is 6.78. The van der Waals surface area contributed by atoms with Crippen molar-refractivity contribution in [1.82, 2.24) is 0 Å². The first-order valence-electron chi connectivity index (χ1n) is 7.60. The molecule has 1 aliphatic carbocycles. The van der Waals surface area contributed by atoms with E-state index >= 15 is 0 Å². The van der Waals surface area contributed by atoms with Gasteiger partial charge in [0.05, 0.1) is 0 Å². The minimum absolute atomic E-state index is 0.0262. The molecule has 0 fully saturated rings. The second kappa shape index (κ2) is 5.37. The zero-order valence-electron chi connectivity index (χ0n) is 13.0. The standard InChI is InChI=1S/C21H22/c1-16-14-20(15-17(16)2)21(3,18-10-6-4-7-11-18)19-12-8-5-9-13-19/h4-15,20H,1-3H3. The van der Waals surface area contributed by atoms with Crippen LogP contribution in [0.5, 0.6) is 0 Å². The maximum Gasteiger partial charge on any atom is 0.0272 e. The normalized spacial score (nSPS) is 15.8. The lowest BCUT2D eigenvalue weighted by molar-refractivity contribution is 0.487. The van der Waals surface area contributed by atoms with Gasteiger partial charge in [0.25, 0.3) is 0 Å². The van der Waals surface area contributed by atoms with Crippen LogP contribution in [0.2, 0.25) is 0 Å². The van der Waals surface area contributed by atoms with Crippen LogP contribution in [0.15, 0.2) is 84.0 Å². The van der Waals surface area contributed by atoms with Crippen molar-refractivity contribution in [2.75, 3.05) is 0 Å². The average molecular weight is 274 g/mol. The third-order valence-corrected chi connectivity index (χ3v) is 4.89. The van der Waals surface area contributed by atoms with E-state index in [2.05, 4.69) is 93.6 Å². The maximum absolute atomic E-state index is 2.41. The van der Waals surface area contributed by atoms with Crippen molar-refractivity contribution < 1.29 is 0 Å². The van der Waals surface area contributed by atoms with Crippen molar-refractivity contribution in [1.29, 1.82) is 0 Å². The van der Waals surface area contributed by atoms with Crippen molar-refractivity contribution in [3.05, 3.63) is 95.1 Å². The highest BCUT2D eigenvalue weighted by Crippen LogP contribution is 2.44. The van der Waals surface area contributed by atoms with Crippen LogP contribution in [0.1, 0.15) is 31.9 Å². The summed E-state index contributed by atoms with van der Waals surface area (Å²) in [6, 6.07) is 21.7. The summed E-state index contributed by atoms with van der Waals surface area (Å²) in [6.07, 6.45) is 4.82. The molecule has 0 nitrogen and oxygen atoms in total. The van der Waals surface area contributed by atoms with Crippen molar-refractivity contribution in [2.45, 2.75) is 26.2 Å². The third-order valence-electron chi connectivity index (χ3n) is 4.89. The molecule has 106 valence electrons. The summed E-state index contributed by atoms with van der Waals surface area (Å²) in [5.41, 5.74) is 5.52. The van der Waals surface area contributed by atoms with Gasteiger partial charge in [-0.05, 0) is 25.0 Å². The summed E-state index contributed by atoms with van der Waals surface area (Å²) in [5, 5.41) is 0. The van der Waals surface area contributed by atoms with E-state index in [1.807, 2.05) is 0 Å². The minimum Gasteiger partial charge on any atom is -0.0732 e. The lowest BCUT2D eigenvalue weighted by atomic mass is 9.67. The molecule has 0 atom stereocenters. The van der Waals surface area contributed by atoms with Gasteiger partial charge in [-0.1, -0.05) is 90.9 Å². The number of hydrogen-bond donors (Lipinski definition) is 0. The van der Waals surface area contributed by atoms with Gasteiger partial charge in [0, 0.05) is 11.3 Å². The van der Waals surface area contributed by atoms with Gasteiger partial charge < -0.3 is 0 Å². The molecule has 1 aliphatic rings. The number of benzene rings is 2. The average Bonchev–Trinajstić information content (AvgIpc) is 2.88. The zero-order valence-corrected chi connectivity index (χ0v) is 13.0. The highest BCUT2D eigenvalue weighted by molar-refractivity contribution is 5.47. The van der Waals surface area contributed by atoms with E-state index in [9.17, 15) is 0 Å². The maximum atomic E-state index is 2.41. The fourth-order valence-electron chi connectivity index (χ4n) is 3.30. The Bertz CT molecular complexity index is 617. The van der Waals surface area contributed by atoms with Gasteiger partial charge in [-0.3, -0.25) is 0 Å². The number of allylic oxidation sites excluding steroid dienone is 4. The van der Waals surface area contributed by atoms with Crippen molar-refractivity contribution in [3.8, 4) is 0 Å². The summed E-state index contributed by atoms with van der Waals surface area (Å²) in [4.78, 5) is 0. The number of hydrogen-bond acceptors (Lipinski definition) is 0. The first kappa shape index (κ1) is 13.9. The second-order valence-electron chi connectivity index (χ2n) is 6.16. The van der Waals surface area contributed by atoms with Gasteiger partial charge in [0.2, 0.25) is 0 Å². The van der Waals surface area contributed by atoms with Crippen molar-refractivity contribution in [2.24, 2.45) is 5.92 Å². The Morgan fingerprint density at radius 3 is 1.43 bits per heavy atom. The topological polar surface area (TPSA) is 0 Å². The molecule has 0 saturated heterocycles. The fraction of sp³-hybridized carbons (Fsp3) is 0.238. The van der Waals surface area contributed by atoms with E-state index in [1.165, 1.54) is 22.3 Å². The summed E-state index contributed by atoms with van der Waals surface area (Å²) in [5.74, 6) is 0.405. The quantitative estimate of drug-likeness (QED) is 0.691. The van der Waals surface area contributed by atoms with Gasteiger partial charge >= 0.3 is 0 Å². The van der Waals surface area contributed by atoms with Gasteiger partial charge in [-0.25, -0.2) is 0 Å². The highest BCUT2D eigenvalue weighted by Gasteiger charge is 2.36. The molecule has 21 heavy (non-hydrogen) atoms. The fourth-order valence-corrected chi connectivity index (χ4v) is 3.30. The Kier molecular flexibility index (Phi) is 3.55. The Labute approximate surface area is 127 Å². The molecule has 0 bridgehead atoms. The Morgan fingerprint density at radius 2 is 1.05 bits per heavy atom. The molecule has 0 heterocycles. The van der Waals surface area contributed by atoms with Crippen molar-refractivity contribution in [3.63, 3.8) is 0 Å². The van der Waals surface area contributed by atoms with Gasteiger partial charge in [0.1, 0.15) is 0 Å². The molecule has 0 aliphatic heterocycles. The van der Waals surface area contributed by atoms with E-state index in [1.54, 1.807) is 0 Å². The predicted molar refractivity (Wildman–Crippen MR) is 90.3 cm³/mol. The molecular formula is C21H22. The largest absolute Gasteiger partial charge is 0.0732 e. The molecule has 2 aromatic carbocycles. The molecule has 0 spiro atoms. The zero-order chi connectivity index (χ0) is 14.9. The molecule has 0 radical (unpaired) electrons. The van der Waals surface area contributed by atoms with Crippen LogP contribution in [0.4, 0.5) is 0 Å². The number of rotatable bonds is 3. The van der Waals surface area contributed by atoms with Gasteiger partial charge in [0.15, 0.2) is 0 Å². The smallest absolute Gasteiger partial charge is 0.0272 e.